The number of nitrogens with zero attached hydrogens (tertiary/aromatic N) is 4. The number of benzene rings is 2. The Morgan fingerprint density at radius 3 is 2.62 bits per heavy atom. The normalized spacial score (nSPS) is 12.4. The summed E-state index contributed by atoms with van der Waals surface area (Å²) in [5.74, 6) is -0.444. The van der Waals surface area contributed by atoms with Crippen LogP contribution >= 0.6 is 15.9 Å². The second-order valence-electron chi connectivity index (χ2n) is 8.20. The number of pyridine rings is 1. The Bertz CT molecular complexity index is 1570. The fraction of sp³-hybridized carbons (Fsp3) is 0.160. The Morgan fingerprint density at radius 1 is 1.15 bits per heavy atom. The maximum Gasteiger partial charge on any atom is 0.251 e. The molecule has 34 heavy (non-hydrogen) atoms. The number of nitrogens with one attached hydrogen (secondary N) is 1. The summed E-state index contributed by atoms with van der Waals surface area (Å²) < 4.78 is 17.6. The van der Waals surface area contributed by atoms with Crippen LogP contribution < -0.4 is 5.56 Å². The summed E-state index contributed by atoms with van der Waals surface area (Å²) in [6, 6.07) is 12.8. The second kappa shape index (κ2) is 8.66. The fourth-order valence-electron chi connectivity index (χ4n) is 4.28. The molecule has 0 aliphatic heterocycles. The van der Waals surface area contributed by atoms with Crippen molar-refractivity contribution < 1.29 is 9.50 Å². The molecule has 3 heterocycles. The summed E-state index contributed by atoms with van der Waals surface area (Å²) in [4.78, 5) is 13.0. The predicted molar refractivity (Wildman–Crippen MR) is 132 cm³/mol. The molecular weight excluding hydrogens is 501 g/mol. The quantitative estimate of drug-likeness (QED) is 0.354. The summed E-state index contributed by atoms with van der Waals surface area (Å²) in [5, 5.41) is 22.8. The minimum atomic E-state index is -0.704. The molecule has 0 unspecified atom stereocenters. The van der Waals surface area contributed by atoms with Gasteiger partial charge < -0.3 is 9.67 Å². The average Bonchev–Trinajstić information content (AvgIpc) is 3.36. The van der Waals surface area contributed by atoms with Crippen LogP contribution in [-0.2, 0) is 7.05 Å². The van der Waals surface area contributed by atoms with Crippen molar-refractivity contribution in [2.45, 2.75) is 13.0 Å². The average molecular weight is 522 g/mol. The van der Waals surface area contributed by atoms with Gasteiger partial charge in [0, 0.05) is 40.9 Å². The van der Waals surface area contributed by atoms with Crippen molar-refractivity contribution >= 4 is 26.8 Å². The molecule has 5 rings (SSSR count). The molecule has 0 fully saturated rings. The molecular formula is C25H21BrFN5O2. The Balaban J connectivity index is 1.55. The predicted octanol–water partition coefficient (Wildman–Crippen LogP) is 4.58. The standard InChI is InChI=1S/C25H21BrFN5O2/c1-14-21(12-31(2)30-14)25-20-9-15(3-4-22(20)28-29-25)16-5-6-32(24(34)10-16)23(13-33)17-7-18(26)11-19(27)8-17/h3-12,23,33H,13H2,1-2H3,(H,28,29)/t23-/m1/s1. The summed E-state index contributed by atoms with van der Waals surface area (Å²) in [6.07, 6.45) is 3.56. The van der Waals surface area contributed by atoms with E-state index in [0.29, 0.717) is 10.0 Å². The molecule has 7 nitrogen and oxygen atoms in total. The fourth-order valence-corrected chi connectivity index (χ4v) is 4.76. The van der Waals surface area contributed by atoms with Crippen LogP contribution in [0.3, 0.4) is 0 Å². The van der Waals surface area contributed by atoms with Crippen LogP contribution in [-0.4, -0.2) is 36.3 Å². The molecule has 2 N–H and O–H groups in total. The van der Waals surface area contributed by atoms with Crippen molar-refractivity contribution in [3.05, 3.63) is 92.8 Å². The Labute approximate surface area is 202 Å². The third kappa shape index (κ3) is 3.97. The van der Waals surface area contributed by atoms with Gasteiger partial charge in [-0.1, -0.05) is 22.0 Å². The highest BCUT2D eigenvalue weighted by atomic mass is 79.9. The van der Waals surface area contributed by atoms with Crippen molar-refractivity contribution in [1.82, 2.24) is 24.5 Å². The Morgan fingerprint density at radius 2 is 1.94 bits per heavy atom. The maximum atomic E-state index is 13.9. The molecule has 1 atom stereocenters. The van der Waals surface area contributed by atoms with Crippen molar-refractivity contribution in [1.29, 1.82) is 0 Å². The first kappa shape index (κ1) is 22.2. The van der Waals surface area contributed by atoms with Gasteiger partial charge in [0.2, 0.25) is 0 Å². The molecule has 0 saturated heterocycles. The monoisotopic (exact) mass is 521 g/mol. The molecule has 172 valence electrons. The highest BCUT2D eigenvalue weighted by Crippen LogP contribution is 2.31. The number of halogens is 2. The number of rotatable bonds is 5. The van der Waals surface area contributed by atoms with Crippen LogP contribution in [0.5, 0.6) is 0 Å². The number of hydrogen-bond donors (Lipinski definition) is 2. The topological polar surface area (TPSA) is 88.7 Å². The van der Waals surface area contributed by atoms with Crippen LogP contribution in [0, 0.1) is 12.7 Å². The SMILES string of the molecule is Cc1nn(C)cc1-c1n[nH]c2ccc(-c3ccn([C@H](CO)c4cc(F)cc(Br)c4)c(=O)c3)cc12. The van der Waals surface area contributed by atoms with E-state index in [1.807, 2.05) is 44.4 Å². The molecule has 3 aromatic heterocycles. The van der Waals surface area contributed by atoms with Gasteiger partial charge in [-0.15, -0.1) is 0 Å². The number of aryl methyl sites for hydroxylation is 2. The van der Waals surface area contributed by atoms with Crippen molar-refractivity contribution in [3.63, 3.8) is 0 Å². The van der Waals surface area contributed by atoms with Gasteiger partial charge >= 0.3 is 0 Å². The minimum Gasteiger partial charge on any atom is -0.394 e. The zero-order chi connectivity index (χ0) is 24.0. The Kier molecular flexibility index (Phi) is 5.66. The molecule has 2 aromatic carbocycles. The lowest BCUT2D eigenvalue weighted by Crippen LogP contribution is -2.27. The van der Waals surface area contributed by atoms with Gasteiger partial charge in [0.25, 0.3) is 5.56 Å². The lowest BCUT2D eigenvalue weighted by molar-refractivity contribution is 0.246. The van der Waals surface area contributed by atoms with E-state index >= 15 is 0 Å². The van der Waals surface area contributed by atoms with E-state index in [-0.39, 0.29) is 12.2 Å². The number of aromatic nitrogens is 5. The van der Waals surface area contributed by atoms with Crippen molar-refractivity contribution in [2.75, 3.05) is 6.61 Å². The highest BCUT2D eigenvalue weighted by Gasteiger charge is 2.17. The Hall–Kier alpha value is -3.56. The molecule has 0 bridgehead atoms. The van der Waals surface area contributed by atoms with Crippen molar-refractivity contribution in [3.8, 4) is 22.4 Å². The van der Waals surface area contributed by atoms with Crippen LogP contribution in [0.2, 0.25) is 0 Å². The van der Waals surface area contributed by atoms with E-state index in [1.54, 1.807) is 16.9 Å². The maximum absolute atomic E-state index is 13.9. The van der Waals surface area contributed by atoms with E-state index in [2.05, 4.69) is 31.2 Å². The first-order valence-corrected chi connectivity index (χ1v) is 11.4. The summed E-state index contributed by atoms with van der Waals surface area (Å²) in [7, 11) is 1.87. The smallest absolute Gasteiger partial charge is 0.251 e. The van der Waals surface area contributed by atoms with Crippen LogP contribution in [0.1, 0.15) is 17.3 Å². The van der Waals surface area contributed by atoms with E-state index in [1.165, 1.54) is 22.8 Å². The number of aromatic amines is 1. The molecule has 0 saturated carbocycles. The summed E-state index contributed by atoms with van der Waals surface area (Å²) in [6.45, 7) is 1.60. The second-order valence-corrected chi connectivity index (χ2v) is 9.11. The lowest BCUT2D eigenvalue weighted by atomic mass is 10.0. The van der Waals surface area contributed by atoms with Gasteiger partial charge in [0.15, 0.2) is 0 Å². The number of fused-ring (bicyclic) bond motifs is 1. The minimum absolute atomic E-state index is 0.299. The van der Waals surface area contributed by atoms with E-state index in [4.69, 9.17) is 0 Å². The number of aliphatic hydroxyl groups excluding tert-OH is 1. The largest absolute Gasteiger partial charge is 0.394 e. The molecule has 0 spiro atoms. The molecule has 0 radical (unpaired) electrons. The summed E-state index contributed by atoms with van der Waals surface area (Å²) >= 11 is 3.27. The highest BCUT2D eigenvalue weighted by molar-refractivity contribution is 9.10. The molecule has 9 heteroatoms. The van der Waals surface area contributed by atoms with Gasteiger partial charge in [-0.05, 0) is 60.0 Å². The molecule has 0 amide bonds. The van der Waals surface area contributed by atoms with E-state index in [9.17, 15) is 14.3 Å². The molecule has 0 aliphatic rings. The van der Waals surface area contributed by atoms with Gasteiger partial charge in [-0.3, -0.25) is 14.6 Å². The first-order valence-electron chi connectivity index (χ1n) is 10.6. The van der Waals surface area contributed by atoms with Crippen LogP contribution in [0.15, 0.2) is 70.2 Å². The molecule has 5 aromatic rings. The van der Waals surface area contributed by atoms with Crippen molar-refractivity contribution in [2.24, 2.45) is 7.05 Å². The van der Waals surface area contributed by atoms with Gasteiger partial charge in [0.1, 0.15) is 11.5 Å². The third-order valence-corrected chi connectivity index (χ3v) is 6.35. The van der Waals surface area contributed by atoms with Gasteiger partial charge in [-0.25, -0.2) is 4.39 Å². The van der Waals surface area contributed by atoms with Crippen LogP contribution in [0.4, 0.5) is 4.39 Å². The number of H-pyrrole nitrogens is 1. The van der Waals surface area contributed by atoms with E-state index < -0.39 is 11.9 Å². The lowest BCUT2D eigenvalue weighted by Gasteiger charge is -2.19. The number of aliphatic hydroxyl groups is 1. The zero-order valence-electron chi connectivity index (χ0n) is 18.5. The third-order valence-electron chi connectivity index (χ3n) is 5.89. The first-order chi connectivity index (χ1) is 16.3. The van der Waals surface area contributed by atoms with E-state index in [0.717, 1.165) is 39.0 Å². The summed E-state index contributed by atoms with van der Waals surface area (Å²) in [5.41, 5.74) is 5.29. The van der Waals surface area contributed by atoms with Gasteiger partial charge in [-0.2, -0.15) is 10.2 Å². The zero-order valence-corrected chi connectivity index (χ0v) is 20.0. The molecule has 0 aliphatic carbocycles. The number of hydrogen-bond acceptors (Lipinski definition) is 4. The van der Waals surface area contributed by atoms with Crippen LogP contribution in [0.25, 0.3) is 33.3 Å². The van der Waals surface area contributed by atoms with Gasteiger partial charge in [0.05, 0.1) is 23.9 Å².